The van der Waals surface area contributed by atoms with E-state index >= 15 is 0 Å². The number of ether oxygens (including phenoxy) is 1. The van der Waals surface area contributed by atoms with Crippen LogP contribution in [-0.4, -0.2) is 23.9 Å². The Kier molecular flexibility index (Phi) is 5.71. The highest BCUT2D eigenvalue weighted by Crippen LogP contribution is 2.32. The lowest BCUT2D eigenvalue weighted by atomic mass is 9.86. The third-order valence-corrected chi connectivity index (χ3v) is 5.83. The van der Waals surface area contributed by atoms with Crippen LogP contribution in [0, 0.1) is 11.3 Å². The quantitative estimate of drug-likeness (QED) is 0.610. The highest BCUT2D eigenvalue weighted by molar-refractivity contribution is 9.09. The van der Waals surface area contributed by atoms with Crippen molar-refractivity contribution in [3.63, 3.8) is 0 Å². The molecule has 1 aromatic carbocycles. The molecule has 0 aromatic heterocycles. The lowest BCUT2D eigenvalue weighted by molar-refractivity contribution is 0.0615. The van der Waals surface area contributed by atoms with Gasteiger partial charge in [0, 0.05) is 22.7 Å². The van der Waals surface area contributed by atoms with Gasteiger partial charge in [-0.15, -0.1) is 0 Å². The maximum Gasteiger partial charge on any atom is 0.0541 e. The summed E-state index contributed by atoms with van der Waals surface area (Å²) in [7, 11) is 0. The van der Waals surface area contributed by atoms with Gasteiger partial charge in [-0.05, 0) is 30.7 Å². The average molecular weight is 376 g/mol. The first-order valence-electron chi connectivity index (χ1n) is 6.52. The monoisotopic (exact) mass is 374 g/mol. The van der Waals surface area contributed by atoms with Crippen LogP contribution in [0.5, 0.6) is 0 Å². The van der Waals surface area contributed by atoms with E-state index in [1.54, 1.807) is 0 Å². The normalized spacial score (nSPS) is 15.9. The van der Waals surface area contributed by atoms with Crippen LogP contribution < -0.4 is 0 Å². The van der Waals surface area contributed by atoms with Crippen LogP contribution in [0.4, 0.5) is 0 Å². The van der Waals surface area contributed by atoms with E-state index in [1.807, 2.05) is 0 Å². The smallest absolute Gasteiger partial charge is 0.0541 e. The van der Waals surface area contributed by atoms with Crippen molar-refractivity contribution < 1.29 is 4.74 Å². The van der Waals surface area contributed by atoms with E-state index in [4.69, 9.17) is 4.74 Å². The van der Waals surface area contributed by atoms with Crippen LogP contribution in [0.15, 0.2) is 30.3 Å². The number of hydrogen-bond acceptors (Lipinski definition) is 1. The number of halogens is 2. The maximum atomic E-state index is 5.92. The zero-order valence-electron chi connectivity index (χ0n) is 10.6. The summed E-state index contributed by atoms with van der Waals surface area (Å²) < 4.78 is 5.92. The maximum absolute atomic E-state index is 5.92. The minimum absolute atomic E-state index is 0.163. The minimum atomic E-state index is 0.163. The van der Waals surface area contributed by atoms with Crippen molar-refractivity contribution in [1.29, 1.82) is 0 Å². The van der Waals surface area contributed by atoms with Crippen LogP contribution in [0.3, 0.4) is 0 Å². The van der Waals surface area contributed by atoms with E-state index in [1.165, 1.54) is 18.4 Å². The van der Waals surface area contributed by atoms with Crippen LogP contribution in [0.1, 0.15) is 18.4 Å². The minimum Gasteiger partial charge on any atom is -0.381 e. The molecule has 0 unspecified atom stereocenters. The van der Waals surface area contributed by atoms with Crippen LogP contribution in [-0.2, 0) is 11.2 Å². The van der Waals surface area contributed by atoms with Crippen molar-refractivity contribution in [2.24, 2.45) is 11.3 Å². The summed E-state index contributed by atoms with van der Waals surface area (Å²) in [6.07, 6.45) is 3.76. The fourth-order valence-electron chi connectivity index (χ4n) is 2.01. The van der Waals surface area contributed by atoms with Crippen molar-refractivity contribution in [2.75, 3.05) is 23.9 Å². The third kappa shape index (κ3) is 4.36. The molecule has 0 aliphatic heterocycles. The van der Waals surface area contributed by atoms with Gasteiger partial charge in [0.25, 0.3) is 0 Å². The molecule has 0 atom stereocenters. The molecule has 0 saturated heterocycles. The van der Waals surface area contributed by atoms with Gasteiger partial charge in [-0.1, -0.05) is 62.2 Å². The van der Waals surface area contributed by atoms with Gasteiger partial charge in [0.2, 0.25) is 0 Å². The molecule has 1 nitrogen and oxygen atoms in total. The second kappa shape index (κ2) is 7.06. The lowest BCUT2D eigenvalue weighted by Crippen LogP contribution is -2.33. The van der Waals surface area contributed by atoms with Gasteiger partial charge in [-0.3, -0.25) is 0 Å². The van der Waals surface area contributed by atoms with Gasteiger partial charge in [-0.2, -0.15) is 0 Å². The Labute approximate surface area is 127 Å². The van der Waals surface area contributed by atoms with Crippen molar-refractivity contribution in [1.82, 2.24) is 0 Å². The van der Waals surface area contributed by atoms with Crippen molar-refractivity contribution >= 4 is 31.9 Å². The first-order valence-corrected chi connectivity index (χ1v) is 8.76. The molecule has 3 heteroatoms. The van der Waals surface area contributed by atoms with E-state index in [9.17, 15) is 0 Å². The van der Waals surface area contributed by atoms with E-state index in [2.05, 4.69) is 62.2 Å². The lowest BCUT2D eigenvalue weighted by Gasteiger charge is -2.30. The van der Waals surface area contributed by atoms with Gasteiger partial charge in [0.15, 0.2) is 0 Å². The summed E-state index contributed by atoms with van der Waals surface area (Å²) in [4.78, 5) is 0. The second-order valence-electron chi connectivity index (χ2n) is 5.39. The molecule has 1 aliphatic rings. The predicted molar refractivity (Wildman–Crippen MR) is 83.7 cm³/mol. The zero-order valence-corrected chi connectivity index (χ0v) is 13.8. The Balaban J connectivity index is 1.91. The summed E-state index contributed by atoms with van der Waals surface area (Å²) in [5.41, 5.74) is 1.54. The SMILES string of the molecule is BrCC(CBr)(COCC1CC1)Cc1ccccc1. The number of rotatable bonds is 8. The average Bonchev–Trinajstić information content (AvgIpc) is 3.23. The summed E-state index contributed by atoms with van der Waals surface area (Å²) >= 11 is 7.33. The molecule has 1 aliphatic carbocycles. The summed E-state index contributed by atoms with van der Waals surface area (Å²) in [5.74, 6) is 0.838. The standard InChI is InChI=1S/C15H20Br2O/c16-10-15(11-17,12-18-9-14-6-7-14)8-13-4-2-1-3-5-13/h1-5,14H,6-12H2. The molecule has 2 rings (SSSR count). The molecule has 18 heavy (non-hydrogen) atoms. The molecule has 100 valence electrons. The van der Waals surface area contributed by atoms with Crippen molar-refractivity contribution in [3.05, 3.63) is 35.9 Å². The predicted octanol–water partition coefficient (Wildman–Crippen LogP) is 4.43. The summed E-state index contributed by atoms with van der Waals surface area (Å²) in [5, 5.41) is 1.93. The van der Waals surface area contributed by atoms with Gasteiger partial charge in [0.05, 0.1) is 6.61 Å². The Bertz CT molecular complexity index is 345. The van der Waals surface area contributed by atoms with E-state index in [-0.39, 0.29) is 5.41 Å². The third-order valence-electron chi connectivity index (χ3n) is 3.45. The molecular weight excluding hydrogens is 356 g/mol. The van der Waals surface area contributed by atoms with E-state index in [0.29, 0.717) is 0 Å². The second-order valence-corrected chi connectivity index (χ2v) is 6.51. The largest absolute Gasteiger partial charge is 0.381 e. The van der Waals surface area contributed by atoms with Crippen molar-refractivity contribution in [3.8, 4) is 0 Å². The zero-order chi connectivity index (χ0) is 12.8. The molecule has 1 fully saturated rings. The molecule has 0 N–H and O–H groups in total. The Morgan fingerprint density at radius 3 is 2.33 bits per heavy atom. The fourth-order valence-corrected chi connectivity index (χ4v) is 3.66. The summed E-state index contributed by atoms with van der Waals surface area (Å²) in [6, 6.07) is 10.7. The Morgan fingerprint density at radius 2 is 1.78 bits per heavy atom. The molecule has 1 saturated carbocycles. The Hall–Kier alpha value is 0.140. The molecular formula is C15H20Br2O. The highest BCUT2D eigenvalue weighted by atomic mass is 79.9. The highest BCUT2D eigenvalue weighted by Gasteiger charge is 2.30. The summed E-state index contributed by atoms with van der Waals surface area (Å²) in [6.45, 7) is 1.77. The molecule has 0 bridgehead atoms. The molecule has 1 aromatic rings. The van der Waals surface area contributed by atoms with Gasteiger partial charge < -0.3 is 4.74 Å². The van der Waals surface area contributed by atoms with Gasteiger partial charge >= 0.3 is 0 Å². The fraction of sp³-hybridized carbons (Fsp3) is 0.600. The van der Waals surface area contributed by atoms with Crippen LogP contribution in [0.25, 0.3) is 0 Å². The molecule has 0 heterocycles. The van der Waals surface area contributed by atoms with E-state index in [0.717, 1.165) is 36.2 Å². The topological polar surface area (TPSA) is 9.23 Å². The van der Waals surface area contributed by atoms with Crippen LogP contribution >= 0.6 is 31.9 Å². The molecule has 0 amide bonds. The number of alkyl halides is 2. The van der Waals surface area contributed by atoms with Gasteiger partial charge in [0.1, 0.15) is 0 Å². The first kappa shape index (κ1) is 14.5. The number of benzene rings is 1. The molecule has 0 radical (unpaired) electrons. The van der Waals surface area contributed by atoms with E-state index < -0.39 is 0 Å². The van der Waals surface area contributed by atoms with Crippen LogP contribution in [0.2, 0.25) is 0 Å². The van der Waals surface area contributed by atoms with Crippen molar-refractivity contribution in [2.45, 2.75) is 19.3 Å². The van der Waals surface area contributed by atoms with Gasteiger partial charge in [-0.25, -0.2) is 0 Å². The number of hydrogen-bond donors (Lipinski definition) is 0. The Morgan fingerprint density at radius 1 is 1.11 bits per heavy atom. The molecule has 0 spiro atoms. The first-order chi connectivity index (χ1) is 8.78.